The van der Waals surface area contributed by atoms with E-state index in [0.29, 0.717) is 11.1 Å². The van der Waals surface area contributed by atoms with Crippen LogP contribution in [-0.4, -0.2) is 43.2 Å². The Morgan fingerprint density at radius 1 is 1.56 bits per heavy atom. The Morgan fingerprint density at radius 3 is 3.06 bits per heavy atom. The summed E-state index contributed by atoms with van der Waals surface area (Å²) < 4.78 is 5.63. The Hall–Kier alpha value is -0.840. The molecule has 0 aromatic carbocycles. The molecule has 100 valence electrons. The zero-order chi connectivity index (χ0) is 13.0. The topological polar surface area (TPSA) is 37.4 Å². The minimum absolute atomic E-state index is 0.362. The number of hydrogen-bond donors (Lipinski definition) is 1. The SMILES string of the molecule is CNc1ccc(Cl)c(CN(C)CC2CCCO2)n1. The predicted octanol–water partition coefficient (Wildman–Crippen LogP) is 2.39. The standard InChI is InChI=1S/C13H20ClN3O/c1-15-13-6-5-11(14)12(16-13)9-17(2)8-10-4-3-7-18-10/h5-6,10H,3-4,7-9H2,1-2H3,(H,15,16). The lowest BCUT2D eigenvalue weighted by molar-refractivity contribution is 0.0790. The highest BCUT2D eigenvalue weighted by molar-refractivity contribution is 6.31. The van der Waals surface area contributed by atoms with Crippen molar-refractivity contribution >= 4 is 17.4 Å². The molecule has 1 saturated heterocycles. The smallest absolute Gasteiger partial charge is 0.126 e. The van der Waals surface area contributed by atoms with E-state index in [2.05, 4.69) is 22.2 Å². The average molecular weight is 270 g/mol. The van der Waals surface area contributed by atoms with E-state index in [1.807, 2.05) is 19.2 Å². The van der Waals surface area contributed by atoms with Crippen molar-refractivity contribution in [1.29, 1.82) is 0 Å². The zero-order valence-corrected chi connectivity index (χ0v) is 11.7. The monoisotopic (exact) mass is 269 g/mol. The van der Waals surface area contributed by atoms with Crippen molar-refractivity contribution in [2.75, 3.05) is 32.6 Å². The van der Waals surface area contributed by atoms with E-state index in [1.165, 1.54) is 6.42 Å². The van der Waals surface area contributed by atoms with Gasteiger partial charge in [0.2, 0.25) is 0 Å². The zero-order valence-electron chi connectivity index (χ0n) is 10.9. The summed E-state index contributed by atoms with van der Waals surface area (Å²) in [7, 11) is 3.93. The molecule has 0 radical (unpaired) electrons. The number of pyridine rings is 1. The van der Waals surface area contributed by atoms with Gasteiger partial charge in [0.05, 0.1) is 16.8 Å². The van der Waals surface area contributed by atoms with Crippen molar-refractivity contribution in [3.8, 4) is 0 Å². The van der Waals surface area contributed by atoms with Gasteiger partial charge in [-0.2, -0.15) is 0 Å². The second-order valence-electron chi connectivity index (χ2n) is 4.71. The number of ether oxygens (including phenoxy) is 1. The summed E-state index contributed by atoms with van der Waals surface area (Å²) in [5.74, 6) is 0.847. The summed E-state index contributed by atoms with van der Waals surface area (Å²) >= 11 is 6.17. The van der Waals surface area contributed by atoms with Gasteiger partial charge >= 0.3 is 0 Å². The predicted molar refractivity (Wildman–Crippen MR) is 74.1 cm³/mol. The fourth-order valence-electron chi connectivity index (χ4n) is 2.19. The van der Waals surface area contributed by atoms with Gasteiger partial charge in [0.1, 0.15) is 5.82 Å². The molecular weight excluding hydrogens is 250 g/mol. The van der Waals surface area contributed by atoms with Gasteiger partial charge in [0, 0.05) is 26.7 Å². The lowest BCUT2D eigenvalue weighted by atomic mass is 10.2. The van der Waals surface area contributed by atoms with E-state index in [9.17, 15) is 0 Å². The van der Waals surface area contributed by atoms with Gasteiger partial charge in [-0.1, -0.05) is 11.6 Å². The normalized spacial score (nSPS) is 19.4. The first kappa shape index (κ1) is 13.6. The third-order valence-electron chi connectivity index (χ3n) is 3.13. The molecule has 2 heterocycles. The molecule has 0 aliphatic carbocycles. The van der Waals surface area contributed by atoms with Crippen LogP contribution in [0.5, 0.6) is 0 Å². The summed E-state index contributed by atoms with van der Waals surface area (Å²) in [4.78, 5) is 6.69. The number of aromatic nitrogens is 1. The molecule has 0 saturated carbocycles. The molecule has 1 atom stereocenters. The van der Waals surface area contributed by atoms with Crippen LogP contribution < -0.4 is 5.32 Å². The van der Waals surface area contributed by atoms with E-state index >= 15 is 0 Å². The first-order chi connectivity index (χ1) is 8.69. The number of halogens is 1. The Balaban J connectivity index is 1.94. The number of hydrogen-bond acceptors (Lipinski definition) is 4. The van der Waals surface area contributed by atoms with Gasteiger partial charge in [-0.25, -0.2) is 4.98 Å². The summed E-state index contributed by atoms with van der Waals surface area (Å²) in [6.45, 7) is 2.57. The van der Waals surface area contributed by atoms with Crippen molar-refractivity contribution < 1.29 is 4.74 Å². The quantitative estimate of drug-likeness (QED) is 0.891. The van der Waals surface area contributed by atoms with Crippen LogP contribution in [0.2, 0.25) is 5.02 Å². The third-order valence-corrected chi connectivity index (χ3v) is 3.48. The van der Waals surface area contributed by atoms with Crippen molar-refractivity contribution in [3.63, 3.8) is 0 Å². The molecule has 4 nitrogen and oxygen atoms in total. The average Bonchev–Trinajstić information content (AvgIpc) is 2.84. The van der Waals surface area contributed by atoms with Crippen LogP contribution in [-0.2, 0) is 11.3 Å². The molecular formula is C13H20ClN3O. The van der Waals surface area contributed by atoms with Crippen LogP contribution in [0.15, 0.2) is 12.1 Å². The number of likely N-dealkylation sites (N-methyl/N-ethyl adjacent to an activating group) is 1. The maximum Gasteiger partial charge on any atom is 0.126 e. The van der Waals surface area contributed by atoms with Gasteiger partial charge in [-0.05, 0) is 32.0 Å². The molecule has 1 aliphatic rings. The number of anilines is 1. The van der Waals surface area contributed by atoms with E-state index in [-0.39, 0.29) is 0 Å². The molecule has 1 unspecified atom stereocenters. The molecule has 0 bridgehead atoms. The summed E-state index contributed by atoms with van der Waals surface area (Å²) in [6, 6.07) is 3.77. The van der Waals surface area contributed by atoms with E-state index in [1.54, 1.807) is 0 Å². The van der Waals surface area contributed by atoms with Crippen molar-refractivity contribution in [1.82, 2.24) is 9.88 Å². The molecule has 1 N–H and O–H groups in total. The third kappa shape index (κ3) is 3.57. The van der Waals surface area contributed by atoms with Crippen molar-refractivity contribution in [2.24, 2.45) is 0 Å². The Bertz CT molecular complexity index is 394. The largest absolute Gasteiger partial charge is 0.377 e. The fraction of sp³-hybridized carbons (Fsp3) is 0.615. The molecule has 1 aromatic heterocycles. The van der Waals surface area contributed by atoms with Gasteiger partial charge < -0.3 is 10.1 Å². The number of nitrogens with one attached hydrogen (secondary N) is 1. The maximum absolute atomic E-state index is 6.17. The summed E-state index contributed by atoms with van der Waals surface area (Å²) in [5.41, 5.74) is 0.906. The molecule has 0 spiro atoms. The first-order valence-corrected chi connectivity index (χ1v) is 6.70. The Kier molecular flexibility index (Phi) is 4.80. The highest BCUT2D eigenvalue weighted by atomic mass is 35.5. The molecule has 1 aliphatic heterocycles. The maximum atomic E-state index is 6.17. The van der Waals surface area contributed by atoms with Crippen LogP contribution in [0.3, 0.4) is 0 Å². The van der Waals surface area contributed by atoms with E-state index in [0.717, 1.165) is 37.6 Å². The van der Waals surface area contributed by atoms with Gasteiger partial charge in [-0.15, -0.1) is 0 Å². The molecule has 2 rings (SSSR count). The minimum Gasteiger partial charge on any atom is -0.377 e. The minimum atomic E-state index is 0.362. The Morgan fingerprint density at radius 2 is 2.39 bits per heavy atom. The second kappa shape index (κ2) is 6.36. The molecule has 1 fully saturated rings. The number of nitrogens with zero attached hydrogens (tertiary/aromatic N) is 2. The van der Waals surface area contributed by atoms with Crippen molar-refractivity contribution in [3.05, 3.63) is 22.8 Å². The van der Waals surface area contributed by atoms with Gasteiger partial charge in [0.15, 0.2) is 0 Å². The Labute approximate surface area is 113 Å². The summed E-state index contributed by atoms with van der Waals surface area (Å²) in [6.07, 6.45) is 2.69. The lowest BCUT2D eigenvalue weighted by Gasteiger charge is -2.20. The summed E-state index contributed by atoms with van der Waals surface area (Å²) in [5, 5.41) is 3.74. The van der Waals surface area contributed by atoms with E-state index in [4.69, 9.17) is 16.3 Å². The first-order valence-electron chi connectivity index (χ1n) is 6.32. The van der Waals surface area contributed by atoms with Crippen LogP contribution in [0.25, 0.3) is 0 Å². The molecule has 5 heteroatoms. The van der Waals surface area contributed by atoms with Crippen LogP contribution in [0.1, 0.15) is 18.5 Å². The molecule has 18 heavy (non-hydrogen) atoms. The van der Waals surface area contributed by atoms with Gasteiger partial charge in [0.25, 0.3) is 0 Å². The van der Waals surface area contributed by atoms with Crippen LogP contribution in [0.4, 0.5) is 5.82 Å². The second-order valence-corrected chi connectivity index (χ2v) is 5.11. The lowest BCUT2D eigenvalue weighted by Crippen LogP contribution is -2.28. The molecule has 0 amide bonds. The number of rotatable bonds is 5. The van der Waals surface area contributed by atoms with Crippen LogP contribution in [0, 0.1) is 0 Å². The fourth-order valence-corrected chi connectivity index (χ4v) is 2.36. The highest BCUT2D eigenvalue weighted by Crippen LogP contribution is 2.19. The van der Waals surface area contributed by atoms with E-state index < -0.39 is 0 Å². The van der Waals surface area contributed by atoms with Crippen molar-refractivity contribution in [2.45, 2.75) is 25.5 Å². The highest BCUT2D eigenvalue weighted by Gasteiger charge is 2.18. The molecule has 1 aromatic rings. The van der Waals surface area contributed by atoms with Crippen LogP contribution >= 0.6 is 11.6 Å². The van der Waals surface area contributed by atoms with Gasteiger partial charge in [-0.3, -0.25) is 4.90 Å².